The van der Waals surface area contributed by atoms with Crippen molar-refractivity contribution in [2.45, 2.75) is 44.2 Å². The molecular weight excluding hydrogens is 378 g/mol. The lowest BCUT2D eigenvalue weighted by Crippen LogP contribution is -2.51. The Morgan fingerprint density at radius 1 is 1.07 bits per heavy atom. The summed E-state index contributed by atoms with van der Waals surface area (Å²) in [5.41, 5.74) is 2.47. The number of nitrogens with zero attached hydrogens (tertiary/aromatic N) is 2. The molecule has 0 unspecified atom stereocenters. The van der Waals surface area contributed by atoms with Crippen molar-refractivity contribution in [1.29, 1.82) is 0 Å². The number of amides is 2. The molecule has 30 heavy (non-hydrogen) atoms. The van der Waals surface area contributed by atoms with Gasteiger partial charge < -0.3 is 20.9 Å². The highest BCUT2D eigenvalue weighted by Crippen LogP contribution is 2.24. The van der Waals surface area contributed by atoms with E-state index in [4.69, 9.17) is 0 Å². The van der Waals surface area contributed by atoms with Crippen molar-refractivity contribution in [1.82, 2.24) is 15.6 Å². The van der Waals surface area contributed by atoms with Gasteiger partial charge in [-0.05, 0) is 62.4 Å². The number of carbonyl (C=O) groups is 2. The van der Waals surface area contributed by atoms with Crippen LogP contribution in [0.25, 0.3) is 0 Å². The molecular formula is C23H29N5O2. The van der Waals surface area contributed by atoms with Gasteiger partial charge in [-0.25, -0.2) is 0 Å². The van der Waals surface area contributed by atoms with Gasteiger partial charge in [-0.15, -0.1) is 0 Å². The molecule has 2 amide bonds. The van der Waals surface area contributed by atoms with Crippen molar-refractivity contribution in [2.75, 3.05) is 29.9 Å². The lowest BCUT2D eigenvalue weighted by molar-refractivity contribution is -0.123. The Balaban J connectivity index is 1.32. The van der Waals surface area contributed by atoms with Crippen LogP contribution in [0.1, 0.15) is 42.5 Å². The number of anilines is 2. The molecule has 1 aromatic carbocycles. The first-order chi connectivity index (χ1) is 14.7. The van der Waals surface area contributed by atoms with Crippen molar-refractivity contribution < 1.29 is 9.59 Å². The third-order valence-corrected chi connectivity index (χ3v) is 5.88. The largest absolute Gasteiger partial charge is 0.371 e. The number of piperidine rings is 1. The Bertz CT molecular complexity index is 865. The minimum Gasteiger partial charge on any atom is -0.371 e. The summed E-state index contributed by atoms with van der Waals surface area (Å²) in [7, 11) is 0. The van der Waals surface area contributed by atoms with Gasteiger partial charge in [0.1, 0.15) is 0 Å². The quantitative estimate of drug-likeness (QED) is 0.709. The van der Waals surface area contributed by atoms with Gasteiger partial charge in [-0.2, -0.15) is 0 Å². The highest BCUT2D eigenvalue weighted by molar-refractivity contribution is 6.04. The van der Waals surface area contributed by atoms with Crippen LogP contribution in [0.15, 0.2) is 48.8 Å². The Morgan fingerprint density at radius 2 is 1.87 bits per heavy atom. The van der Waals surface area contributed by atoms with Crippen LogP contribution >= 0.6 is 0 Å². The van der Waals surface area contributed by atoms with Gasteiger partial charge in [0.15, 0.2) is 0 Å². The number of hydrogen-bond acceptors (Lipinski definition) is 5. The lowest BCUT2D eigenvalue weighted by Gasteiger charge is -2.35. The molecule has 0 spiro atoms. The summed E-state index contributed by atoms with van der Waals surface area (Å²) >= 11 is 0. The Kier molecular flexibility index (Phi) is 6.59. The summed E-state index contributed by atoms with van der Waals surface area (Å²) in [5, 5.41) is 9.54. The van der Waals surface area contributed by atoms with Crippen molar-refractivity contribution in [3.8, 4) is 0 Å². The van der Waals surface area contributed by atoms with Crippen molar-refractivity contribution in [2.24, 2.45) is 0 Å². The molecule has 3 heterocycles. The van der Waals surface area contributed by atoms with E-state index in [1.807, 2.05) is 18.2 Å². The van der Waals surface area contributed by atoms with Crippen LogP contribution in [0, 0.1) is 0 Å². The second-order valence-electron chi connectivity index (χ2n) is 8.01. The summed E-state index contributed by atoms with van der Waals surface area (Å²) in [6.07, 6.45) is 8.30. The maximum Gasteiger partial charge on any atom is 0.255 e. The predicted molar refractivity (Wildman–Crippen MR) is 118 cm³/mol. The van der Waals surface area contributed by atoms with Crippen LogP contribution in [-0.2, 0) is 4.79 Å². The van der Waals surface area contributed by atoms with Crippen molar-refractivity contribution in [3.63, 3.8) is 0 Å². The second-order valence-corrected chi connectivity index (χ2v) is 8.01. The van der Waals surface area contributed by atoms with E-state index < -0.39 is 0 Å². The molecule has 0 radical (unpaired) electrons. The molecule has 7 nitrogen and oxygen atoms in total. The topological polar surface area (TPSA) is 86.4 Å². The number of aromatic nitrogens is 1. The highest BCUT2D eigenvalue weighted by atomic mass is 16.2. The molecule has 4 rings (SSSR count). The van der Waals surface area contributed by atoms with Gasteiger partial charge in [0, 0.05) is 55.0 Å². The molecule has 7 heteroatoms. The zero-order chi connectivity index (χ0) is 20.8. The summed E-state index contributed by atoms with van der Waals surface area (Å²) in [5.74, 6) is 0.00621. The molecule has 0 saturated carbocycles. The fourth-order valence-corrected chi connectivity index (χ4v) is 4.17. The van der Waals surface area contributed by atoms with Gasteiger partial charge in [0.25, 0.3) is 5.91 Å². The predicted octanol–water partition coefficient (Wildman–Crippen LogP) is 2.56. The fourth-order valence-electron chi connectivity index (χ4n) is 4.17. The van der Waals surface area contributed by atoms with Crippen LogP contribution in [0.3, 0.4) is 0 Å². The third-order valence-electron chi connectivity index (χ3n) is 5.88. The van der Waals surface area contributed by atoms with Crippen LogP contribution in [0.5, 0.6) is 0 Å². The molecule has 2 saturated heterocycles. The summed E-state index contributed by atoms with van der Waals surface area (Å²) in [4.78, 5) is 30.9. The van der Waals surface area contributed by atoms with Gasteiger partial charge in [-0.3, -0.25) is 14.6 Å². The first kappa shape index (κ1) is 20.3. The number of rotatable bonds is 5. The minimum absolute atomic E-state index is 0.0595. The van der Waals surface area contributed by atoms with E-state index in [-0.39, 0.29) is 17.9 Å². The molecule has 2 aliphatic heterocycles. The van der Waals surface area contributed by atoms with Crippen LogP contribution in [0.4, 0.5) is 11.4 Å². The molecule has 3 N–H and O–H groups in total. The van der Waals surface area contributed by atoms with Crippen molar-refractivity contribution >= 4 is 23.2 Å². The maximum absolute atomic E-state index is 12.4. The first-order valence-electron chi connectivity index (χ1n) is 10.8. The van der Waals surface area contributed by atoms with Crippen molar-refractivity contribution in [3.05, 3.63) is 54.4 Å². The highest BCUT2D eigenvalue weighted by Gasteiger charge is 2.26. The number of pyridine rings is 1. The molecule has 2 aromatic rings. The molecule has 0 aliphatic carbocycles. The van der Waals surface area contributed by atoms with Crippen LogP contribution in [0.2, 0.25) is 0 Å². The first-order valence-corrected chi connectivity index (χ1v) is 10.8. The van der Waals surface area contributed by atoms with E-state index in [2.05, 4.69) is 31.9 Å². The van der Waals surface area contributed by atoms with Crippen LogP contribution in [-0.4, -0.2) is 48.5 Å². The molecule has 158 valence electrons. The SMILES string of the molecule is O=C(Nc1cccc(N2CCC(N[C@H]3CCCCNC3=O)CC2)c1)c1ccncc1. The second kappa shape index (κ2) is 9.71. The van der Waals surface area contributed by atoms with E-state index in [9.17, 15) is 9.59 Å². The molecule has 1 aromatic heterocycles. The third kappa shape index (κ3) is 5.16. The van der Waals surface area contributed by atoms with Crippen LogP contribution < -0.4 is 20.9 Å². The number of hydrogen-bond donors (Lipinski definition) is 3. The Labute approximate surface area is 177 Å². The average Bonchev–Trinajstić information content (AvgIpc) is 2.99. The van der Waals surface area contributed by atoms with Gasteiger partial charge in [-0.1, -0.05) is 6.07 Å². The standard InChI is InChI=1S/C23H29N5O2/c29-22(17-7-12-24-13-8-17)27-19-4-3-5-20(16-19)28-14-9-18(10-15-28)26-21-6-1-2-11-25-23(21)30/h3-5,7-8,12-13,16,18,21,26H,1-2,6,9-11,14-15H2,(H,25,30)(H,27,29)/t21-/m0/s1. The summed E-state index contributed by atoms with van der Waals surface area (Å²) in [6.45, 7) is 2.64. The molecule has 0 bridgehead atoms. The van der Waals surface area contributed by atoms with Gasteiger partial charge in [0.2, 0.25) is 5.91 Å². The number of carbonyl (C=O) groups excluding carboxylic acids is 2. The van der Waals surface area contributed by atoms with E-state index >= 15 is 0 Å². The summed E-state index contributed by atoms with van der Waals surface area (Å²) < 4.78 is 0. The van der Waals surface area contributed by atoms with E-state index in [0.29, 0.717) is 11.6 Å². The molecule has 2 fully saturated rings. The zero-order valence-corrected chi connectivity index (χ0v) is 17.1. The van der Waals surface area contributed by atoms with E-state index in [1.54, 1.807) is 24.5 Å². The fraction of sp³-hybridized carbons (Fsp3) is 0.435. The molecule has 1 atom stereocenters. The Morgan fingerprint density at radius 3 is 2.67 bits per heavy atom. The van der Waals surface area contributed by atoms with Gasteiger partial charge in [0.05, 0.1) is 6.04 Å². The lowest BCUT2D eigenvalue weighted by atomic mass is 10.0. The Hall–Kier alpha value is -2.93. The van der Waals surface area contributed by atoms with Gasteiger partial charge >= 0.3 is 0 Å². The smallest absolute Gasteiger partial charge is 0.255 e. The van der Waals surface area contributed by atoms with E-state index in [0.717, 1.165) is 63.1 Å². The molecule has 2 aliphatic rings. The minimum atomic E-state index is -0.140. The monoisotopic (exact) mass is 407 g/mol. The normalized spacial score (nSPS) is 20.3. The number of benzene rings is 1. The zero-order valence-electron chi connectivity index (χ0n) is 17.1. The number of nitrogens with one attached hydrogen (secondary N) is 3. The summed E-state index contributed by atoms with van der Waals surface area (Å²) in [6, 6.07) is 11.7. The average molecular weight is 408 g/mol. The van der Waals surface area contributed by atoms with E-state index in [1.165, 1.54) is 0 Å². The maximum atomic E-state index is 12.4.